The first-order valence-corrected chi connectivity index (χ1v) is 9.62. The summed E-state index contributed by atoms with van der Waals surface area (Å²) < 4.78 is 0.326. The van der Waals surface area contributed by atoms with Gasteiger partial charge in [-0.1, -0.05) is 44.2 Å². The van der Waals surface area contributed by atoms with E-state index in [1.807, 2.05) is 51.4 Å². The Bertz CT molecular complexity index is 660. The van der Waals surface area contributed by atoms with Crippen LogP contribution in [0.25, 0.3) is 0 Å². The van der Waals surface area contributed by atoms with Crippen LogP contribution in [0.3, 0.4) is 0 Å². The van der Waals surface area contributed by atoms with Crippen LogP contribution in [-0.2, 0) is 14.4 Å². The van der Waals surface area contributed by atoms with Gasteiger partial charge in [0.1, 0.15) is 0 Å². The number of benzene rings is 1. The quantitative estimate of drug-likeness (QED) is 0.373. The van der Waals surface area contributed by atoms with Crippen LogP contribution in [0.5, 0.6) is 0 Å². The third kappa shape index (κ3) is 8.08. The number of carboxylic acid groups (broad SMARTS) is 2. The molecule has 28 heavy (non-hydrogen) atoms. The third-order valence-corrected chi connectivity index (χ3v) is 5.11. The number of amides is 1. The molecule has 0 heterocycles. The third-order valence-electron chi connectivity index (χ3n) is 5.11. The van der Waals surface area contributed by atoms with Gasteiger partial charge in [0.2, 0.25) is 5.91 Å². The number of hydrogen-bond acceptors (Lipinski definition) is 3. The lowest BCUT2D eigenvalue weighted by Crippen LogP contribution is -2.45. The van der Waals surface area contributed by atoms with E-state index in [1.165, 1.54) is 0 Å². The average molecular weight is 394 g/mol. The maximum atomic E-state index is 12.4. The van der Waals surface area contributed by atoms with Gasteiger partial charge in [-0.15, -0.1) is 0 Å². The normalized spacial score (nSPS) is 14.7. The molecule has 0 spiro atoms. The molecule has 3 unspecified atom stereocenters. The summed E-state index contributed by atoms with van der Waals surface area (Å²) in [6, 6.07) is 9.68. The molecule has 156 valence electrons. The molecular weight excluding hydrogens is 360 g/mol. The van der Waals surface area contributed by atoms with Crippen LogP contribution in [-0.4, -0.2) is 66.3 Å². The predicted octanol–water partition coefficient (Wildman–Crippen LogP) is 2.18. The topological polar surface area (TPSA) is 104 Å². The Hall–Kier alpha value is -2.41. The molecule has 0 radical (unpaired) electrons. The highest BCUT2D eigenvalue weighted by atomic mass is 16.4. The summed E-state index contributed by atoms with van der Waals surface area (Å²) in [4.78, 5) is 35.0. The van der Waals surface area contributed by atoms with E-state index >= 15 is 0 Å². The lowest BCUT2D eigenvalue weighted by atomic mass is 9.83. The van der Waals surface area contributed by atoms with Crippen molar-refractivity contribution in [3.8, 4) is 0 Å². The minimum Gasteiger partial charge on any atom is -0.481 e. The van der Waals surface area contributed by atoms with Gasteiger partial charge >= 0.3 is 11.9 Å². The smallest absolute Gasteiger partial charge is 0.359 e. The molecule has 3 atom stereocenters. The van der Waals surface area contributed by atoms with Crippen molar-refractivity contribution in [2.45, 2.75) is 32.6 Å². The second-order valence-electron chi connectivity index (χ2n) is 8.14. The Morgan fingerprint density at radius 3 is 2.21 bits per heavy atom. The van der Waals surface area contributed by atoms with Crippen LogP contribution in [0.2, 0.25) is 0 Å². The first-order chi connectivity index (χ1) is 13.0. The Morgan fingerprint density at radius 1 is 1.07 bits per heavy atom. The summed E-state index contributed by atoms with van der Waals surface area (Å²) in [7, 11) is 3.65. The first-order valence-electron chi connectivity index (χ1n) is 9.62. The van der Waals surface area contributed by atoms with E-state index in [0.717, 1.165) is 5.56 Å². The molecule has 0 saturated heterocycles. The standard InChI is InChI=1S/C21H32N2O5/c1-15(17-9-6-5-7-10-17)13-18(21(27)28)16(2)20(26)22-11-8-12-23(3,4)14-19(24)25/h5-7,9-10,15-16,18H,8,11-14H2,1-4H3,(H2-,22,24,25,26,27,28)/p+1. The first kappa shape index (κ1) is 23.6. The molecule has 1 aromatic carbocycles. The van der Waals surface area contributed by atoms with Crippen molar-refractivity contribution in [2.75, 3.05) is 33.7 Å². The molecular formula is C21H33N2O5+. The predicted molar refractivity (Wildman–Crippen MR) is 107 cm³/mol. The fourth-order valence-corrected chi connectivity index (χ4v) is 3.32. The van der Waals surface area contributed by atoms with Crippen LogP contribution in [0, 0.1) is 11.8 Å². The van der Waals surface area contributed by atoms with Crippen LogP contribution in [0.15, 0.2) is 30.3 Å². The van der Waals surface area contributed by atoms with Gasteiger partial charge in [0.05, 0.1) is 26.6 Å². The van der Waals surface area contributed by atoms with Crippen molar-refractivity contribution in [3.05, 3.63) is 35.9 Å². The van der Waals surface area contributed by atoms with E-state index in [4.69, 9.17) is 5.11 Å². The summed E-state index contributed by atoms with van der Waals surface area (Å²) >= 11 is 0. The van der Waals surface area contributed by atoms with E-state index < -0.39 is 23.8 Å². The summed E-state index contributed by atoms with van der Waals surface area (Å²) in [5.74, 6) is -3.49. The molecule has 1 amide bonds. The second-order valence-corrected chi connectivity index (χ2v) is 8.14. The highest BCUT2D eigenvalue weighted by Crippen LogP contribution is 2.28. The van der Waals surface area contributed by atoms with Gasteiger partial charge < -0.3 is 20.0 Å². The lowest BCUT2D eigenvalue weighted by Gasteiger charge is -2.28. The number of carboxylic acids is 2. The molecule has 7 heteroatoms. The molecule has 0 bridgehead atoms. The Balaban J connectivity index is 2.55. The average Bonchev–Trinajstić information content (AvgIpc) is 2.61. The number of likely N-dealkylation sites (N-methyl/N-ethyl adjacent to an activating group) is 1. The number of quaternary nitrogens is 1. The number of carbonyl (C=O) groups is 3. The molecule has 0 aliphatic heterocycles. The zero-order valence-corrected chi connectivity index (χ0v) is 17.2. The van der Waals surface area contributed by atoms with Crippen molar-refractivity contribution in [1.29, 1.82) is 0 Å². The second kappa shape index (κ2) is 10.8. The molecule has 1 aromatic rings. The monoisotopic (exact) mass is 393 g/mol. The Kier molecular flexibility index (Phi) is 9.12. The van der Waals surface area contributed by atoms with Crippen molar-refractivity contribution < 1.29 is 29.1 Å². The van der Waals surface area contributed by atoms with E-state index in [2.05, 4.69) is 5.32 Å². The maximum Gasteiger partial charge on any atom is 0.359 e. The maximum absolute atomic E-state index is 12.4. The number of nitrogens with zero attached hydrogens (tertiary/aromatic N) is 1. The molecule has 1 rings (SSSR count). The van der Waals surface area contributed by atoms with Gasteiger partial charge in [0, 0.05) is 18.9 Å². The highest BCUT2D eigenvalue weighted by molar-refractivity contribution is 5.84. The number of hydrogen-bond donors (Lipinski definition) is 3. The minimum absolute atomic E-state index is 0.0167. The van der Waals surface area contributed by atoms with E-state index in [1.54, 1.807) is 6.92 Å². The lowest BCUT2D eigenvalue weighted by molar-refractivity contribution is -0.883. The van der Waals surface area contributed by atoms with Gasteiger partial charge in [-0.3, -0.25) is 9.59 Å². The summed E-state index contributed by atoms with van der Waals surface area (Å²) in [5, 5.41) is 21.3. The SMILES string of the molecule is CC(CC(C(=O)O)C(C)C(=O)NCCC[N+](C)(C)CC(=O)O)c1ccccc1. The molecule has 0 saturated carbocycles. The number of rotatable bonds is 12. The van der Waals surface area contributed by atoms with Crippen LogP contribution < -0.4 is 5.32 Å². The Labute approximate surface area is 166 Å². The fraction of sp³-hybridized carbons (Fsp3) is 0.571. The van der Waals surface area contributed by atoms with Gasteiger partial charge in [-0.2, -0.15) is 0 Å². The van der Waals surface area contributed by atoms with E-state index in [9.17, 15) is 19.5 Å². The van der Waals surface area contributed by atoms with Crippen molar-refractivity contribution >= 4 is 17.8 Å². The summed E-state index contributed by atoms with van der Waals surface area (Å²) in [5.41, 5.74) is 1.06. The Morgan fingerprint density at radius 2 is 1.68 bits per heavy atom. The van der Waals surface area contributed by atoms with E-state index in [0.29, 0.717) is 30.4 Å². The van der Waals surface area contributed by atoms with E-state index in [-0.39, 0.29) is 18.4 Å². The number of carbonyl (C=O) groups excluding carboxylic acids is 1. The highest BCUT2D eigenvalue weighted by Gasteiger charge is 2.31. The molecule has 7 nitrogen and oxygen atoms in total. The van der Waals surface area contributed by atoms with Crippen molar-refractivity contribution in [1.82, 2.24) is 5.32 Å². The number of aliphatic carboxylic acids is 2. The molecule has 0 aliphatic rings. The van der Waals surface area contributed by atoms with Crippen molar-refractivity contribution in [2.24, 2.45) is 11.8 Å². The van der Waals surface area contributed by atoms with Crippen molar-refractivity contribution in [3.63, 3.8) is 0 Å². The zero-order valence-electron chi connectivity index (χ0n) is 17.2. The largest absolute Gasteiger partial charge is 0.481 e. The summed E-state index contributed by atoms with van der Waals surface area (Å²) in [6.07, 6.45) is 1.01. The summed E-state index contributed by atoms with van der Waals surface area (Å²) in [6.45, 7) is 4.64. The molecule has 0 fully saturated rings. The van der Waals surface area contributed by atoms with Gasteiger partial charge in [-0.05, 0) is 17.9 Å². The van der Waals surface area contributed by atoms with Gasteiger partial charge in [0.15, 0.2) is 6.54 Å². The van der Waals surface area contributed by atoms with Crippen LogP contribution in [0.4, 0.5) is 0 Å². The molecule has 0 aromatic heterocycles. The van der Waals surface area contributed by atoms with Gasteiger partial charge in [0.25, 0.3) is 0 Å². The van der Waals surface area contributed by atoms with Crippen LogP contribution in [0.1, 0.15) is 38.2 Å². The molecule has 0 aliphatic carbocycles. The fourth-order valence-electron chi connectivity index (χ4n) is 3.32. The van der Waals surface area contributed by atoms with Crippen LogP contribution >= 0.6 is 0 Å². The number of nitrogens with one attached hydrogen (secondary N) is 1. The minimum atomic E-state index is -0.968. The molecule has 3 N–H and O–H groups in total. The zero-order chi connectivity index (χ0) is 21.3. The van der Waals surface area contributed by atoms with Gasteiger partial charge in [-0.25, -0.2) is 4.79 Å².